The van der Waals surface area contributed by atoms with E-state index in [1.165, 1.54) is 11.3 Å². The number of nitrogens with one attached hydrogen (secondary N) is 2. The second-order valence-electron chi connectivity index (χ2n) is 4.75. The predicted octanol–water partition coefficient (Wildman–Crippen LogP) is 3.39. The van der Waals surface area contributed by atoms with Gasteiger partial charge in [0.2, 0.25) is 5.91 Å². The summed E-state index contributed by atoms with van der Waals surface area (Å²) in [5, 5.41) is 9.74. The topological polar surface area (TPSA) is 54.0 Å². The first-order chi connectivity index (χ1) is 10.6. The Hall–Kier alpha value is -1.14. The lowest BCUT2D eigenvalue weighted by Gasteiger charge is -2.03. The Morgan fingerprint density at radius 1 is 1.32 bits per heavy atom. The van der Waals surface area contributed by atoms with E-state index in [4.69, 9.17) is 23.2 Å². The molecule has 4 nitrogen and oxygen atoms in total. The minimum atomic E-state index is -0.0184. The summed E-state index contributed by atoms with van der Waals surface area (Å²) >= 11 is 13.5. The van der Waals surface area contributed by atoms with Gasteiger partial charge in [0, 0.05) is 22.5 Å². The van der Waals surface area contributed by atoms with Crippen molar-refractivity contribution in [1.29, 1.82) is 0 Å². The van der Waals surface area contributed by atoms with Crippen molar-refractivity contribution in [3.8, 4) is 10.6 Å². The summed E-state index contributed by atoms with van der Waals surface area (Å²) in [5.74, 6) is -0.0184. The van der Waals surface area contributed by atoms with Crippen molar-refractivity contribution in [2.45, 2.75) is 12.8 Å². The van der Waals surface area contributed by atoms with Gasteiger partial charge in [-0.15, -0.1) is 11.3 Å². The first-order valence-corrected chi connectivity index (χ1v) is 8.55. The molecule has 22 heavy (non-hydrogen) atoms. The van der Waals surface area contributed by atoms with Crippen LogP contribution in [0.3, 0.4) is 0 Å². The van der Waals surface area contributed by atoms with Gasteiger partial charge in [-0.05, 0) is 38.2 Å². The van der Waals surface area contributed by atoms with Crippen LogP contribution in [0.25, 0.3) is 10.6 Å². The van der Waals surface area contributed by atoms with Crippen LogP contribution in [0.4, 0.5) is 0 Å². The van der Waals surface area contributed by atoms with E-state index in [9.17, 15) is 4.79 Å². The number of amides is 1. The van der Waals surface area contributed by atoms with E-state index in [-0.39, 0.29) is 12.3 Å². The Balaban J connectivity index is 1.95. The van der Waals surface area contributed by atoms with Crippen LogP contribution in [-0.2, 0) is 11.2 Å². The molecular weight excluding hydrogens is 341 g/mol. The van der Waals surface area contributed by atoms with Crippen LogP contribution in [0.2, 0.25) is 10.0 Å². The lowest BCUT2D eigenvalue weighted by atomic mass is 10.2. The van der Waals surface area contributed by atoms with Crippen molar-refractivity contribution in [2.75, 3.05) is 20.1 Å². The van der Waals surface area contributed by atoms with Crippen molar-refractivity contribution >= 4 is 40.4 Å². The van der Waals surface area contributed by atoms with Gasteiger partial charge in [0.05, 0.1) is 17.1 Å². The number of hydrogen-bond donors (Lipinski definition) is 2. The molecule has 1 heterocycles. The number of rotatable bonds is 7. The van der Waals surface area contributed by atoms with Crippen molar-refractivity contribution in [3.63, 3.8) is 0 Å². The maximum absolute atomic E-state index is 11.8. The number of hydrogen-bond acceptors (Lipinski definition) is 4. The highest BCUT2D eigenvalue weighted by molar-refractivity contribution is 7.13. The molecule has 0 bridgehead atoms. The van der Waals surface area contributed by atoms with E-state index in [2.05, 4.69) is 15.6 Å². The van der Waals surface area contributed by atoms with Gasteiger partial charge in [0.25, 0.3) is 0 Å². The molecule has 1 amide bonds. The fourth-order valence-corrected chi connectivity index (χ4v) is 3.31. The molecule has 0 atom stereocenters. The number of benzene rings is 1. The lowest BCUT2D eigenvalue weighted by molar-refractivity contribution is -0.120. The summed E-state index contributed by atoms with van der Waals surface area (Å²) in [7, 11) is 1.89. The molecule has 0 fully saturated rings. The molecule has 0 aliphatic carbocycles. The standard InChI is InChI=1S/C15H17Cl2N3OS/c1-18-5-2-6-19-14(21)8-11-9-22-15(20-11)12-4-3-10(16)7-13(12)17/h3-4,7,9,18H,2,5-6,8H2,1H3,(H,19,21). The largest absolute Gasteiger partial charge is 0.356 e. The predicted molar refractivity (Wildman–Crippen MR) is 92.8 cm³/mol. The fourth-order valence-electron chi connectivity index (χ4n) is 1.89. The van der Waals surface area contributed by atoms with E-state index in [1.54, 1.807) is 12.1 Å². The molecule has 0 unspecified atom stereocenters. The Morgan fingerprint density at radius 2 is 2.14 bits per heavy atom. The fraction of sp³-hybridized carbons (Fsp3) is 0.333. The number of nitrogens with zero attached hydrogens (tertiary/aromatic N) is 1. The van der Waals surface area contributed by atoms with E-state index >= 15 is 0 Å². The summed E-state index contributed by atoms with van der Waals surface area (Å²) in [4.78, 5) is 16.3. The SMILES string of the molecule is CNCCCNC(=O)Cc1csc(-c2ccc(Cl)cc2Cl)n1. The van der Waals surface area contributed by atoms with Crippen LogP contribution in [0.15, 0.2) is 23.6 Å². The minimum absolute atomic E-state index is 0.0184. The molecule has 118 valence electrons. The summed E-state index contributed by atoms with van der Waals surface area (Å²) in [6.45, 7) is 1.55. The highest BCUT2D eigenvalue weighted by atomic mass is 35.5. The Labute approximate surface area is 143 Å². The number of halogens is 2. The zero-order valence-electron chi connectivity index (χ0n) is 12.2. The van der Waals surface area contributed by atoms with Crippen molar-refractivity contribution in [3.05, 3.63) is 39.3 Å². The molecule has 0 saturated carbocycles. The van der Waals surface area contributed by atoms with Gasteiger partial charge in [0.1, 0.15) is 5.01 Å². The second-order valence-corrected chi connectivity index (χ2v) is 6.45. The highest BCUT2D eigenvalue weighted by Gasteiger charge is 2.11. The van der Waals surface area contributed by atoms with Crippen molar-refractivity contribution in [1.82, 2.24) is 15.6 Å². The van der Waals surface area contributed by atoms with Crippen LogP contribution < -0.4 is 10.6 Å². The zero-order valence-corrected chi connectivity index (χ0v) is 14.5. The number of carbonyl (C=O) groups excluding carboxylic acids is 1. The normalized spacial score (nSPS) is 10.7. The molecule has 0 aliphatic heterocycles. The van der Waals surface area contributed by atoms with Crippen LogP contribution in [0.5, 0.6) is 0 Å². The van der Waals surface area contributed by atoms with Gasteiger partial charge in [-0.25, -0.2) is 4.98 Å². The summed E-state index contributed by atoms with van der Waals surface area (Å²) in [6.07, 6.45) is 1.19. The van der Waals surface area contributed by atoms with Gasteiger partial charge >= 0.3 is 0 Å². The molecule has 0 spiro atoms. The molecular formula is C15H17Cl2N3OS. The average molecular weight is 358 g/mol. The Morgan fingerprint density at radius 3 is 2.86 bits per heavy atom. The van der Waals surface area contributed by atoms with Gasteiger partial charge in [-0.2, -0.15) is 0 Å². The van der Waals surface area contributed by atoms with Crippen LogP contribution in [0, 0.1) is 0 Å². The molecule has 0 saturated heterocycles. The Kier molecular flexibility index (Phi) is 6.64. The molecule has 1 aromatic carbocycles. The monoisotopic (exact) mass is 357 g/mol. The molecule has 1 aromatic heterocycles. The first-order valence-electron chi connectivity index (χ1n) is 6.91. The highest BCUT2D eigenvalue weighted by Crippen LogP contribution is 2.32. The van der Waals surface area contributed by atoms with E-state index in [1.807, 2.05) is 18.5 Å². The number of aromatic nitrogens is 1. The van der Waals surface area contributed by atoms with Gasteiger partial charge in [0.15, 0.2) is 0 Å². The number of carbonyl (C=O) groups is 1. The quantitative estimate of drug-likeness (QED) is 0.746. The lowest BCUT2D eigenvalue weighted by Crippen LogP contribution is -2.28. The van der Waals surface area contributed by atoms with Gasteiger partial charge in [-0.1, -0.05) is 23.2 Å². The van der Waals surface area contributed by atoms with Gasteiger partial charge in [-0.3, -0.25) is 4.79 Å². The summed E-state index contributed by atoms with van der Waals surface area (Å²) in [6, 6.07) is 5.30. The summed E-state index contributed by atoms with van der Waals surface area (Å²) in [5.41, 5.74) is 1.58. The second kappa shape index (κ2) is 8.48. The van der Waals surface area contributed by atoms with E-state index in [0.717, 1.165) is 29.2 Å². The smallest absolute Gasteiger partial charge is 0.226 e. The molecule has 2 aromatic rings. The third kappa shape index (κ3) is 4.95. The van der Waals surface area contributed by atoms with Crippen molar-refractivity contribution < 1.29 is 4.79 Å². The number of thiazole rings is 1. The van der Waals surface area contributed by atoms with Crippen LogP contribution in [-0.4, -0.2) is 31.0 Å². The van der Waals surface area contributed by atoms with Crippen LogP contribution >= 0.6 is 34.5 Å². The third-order valence-electron chi connectivity index (χ3n) is 2.98. The summed E-state index contributed by atoms with van der Waals surface area (Å²) < 4.78 is 0. The van der Waals surface area contributed by atoms with Crippen molar-refractivity contribution in [2.24, 2.45) is 0 Å². The maximum Gasteiger partial charge on any atom is 0.226 e. The molecule has 0 radical (unpaired) electrons. The van der Waals surface area contributed by atoms with Crippen LogP contribution in [0.1, 0.15) is 12.1 Å². The Bertz CT molecular complexity index is 645. The average Bonchev–Trinajstić information content (AvgIpc) is 2.92. The van der Waals surface area contributed by atoms with E-state index < -0.39 is 0 Å². The van der Waals surface area contributed by atoms with E-state index in [0.29, 0.717) is 16.6 Å². The molecule has 0 aliphatic rings. The van der Waals surface area contributed by atoms with Gasteiger partial charge < -0.3 is 10.6 Å². The molecule has 2 N–H and O–H groups in total. The molecule has 7 heteroatoms. The molecule has 2 rings (SSSR count). The third-order valence-corrected chi connectivity index (χ3v) is 4.45. The first kappa shape index (κ1) is 17.2. The maximum atomic E-state index is 11.8. The zero-order chi connectivity index (χ0) is 15.9. The minimum Gasteiger partial charge on any atom is -0.356 e.